The highest BCUT2D eigenvalue weighted by atomic mass is 32.2. The van der Waals surface area contributed by atoms with E-state index in [0.29, 0.717) is 11.1 Å². The molecule has 1 heterocycles. The van der Waals surface area contributed by atoms with Crippen LogP contribution in [0.3, 0.4) is 0 Å². The molecular formula is C21H29N3O4S2. The molecule has 1 N–H and O–H groups in total. The molecule has 2 aromatic carbocycles. The SMILES string of the molecule is CN(C)S(=O)(=O)c1ccc(S(=O)(=O)Nc2ccccc2N2CCC(C)(C)CC2)cc1. The fraction of sp³-hybridized carbons (Fsp3) is 0.429. The van der Waals surface area contributed by atoms with Gasteiger partial charge in [0.15, 0.2) is 0 Å². The topological polar surface area (TPSA) is 86.8 Å². The molecule has 0 unspecified atom stereocenters. The van der Waals surface area contributed by atoms with Gasteiger partial charge in [-0.25, -0.2) is 21.1 Å². The lowest BCUT2D eigenvalue weighted by atomic mass is 9.82. The van der Waals surface area contributed by atoms with Gasteiger partial charge in [0, 0.05) is 27.2 Å². The predicted molar refractivity (Wildman–Crippen MR) is 120 cm³/mol. The highest BCUT2D eigenvalue weighted by Gasteiger charge is 2.27. The molecule has 3 rings (SSSR count). The summed E-state index contributed by atoms with van der Waals surface area (Å²) >= 11 is 0. The number of hydrogen-bond acceptors (Lipinski definition) is 5. The summed E-state index contributed by atoms with van der Waals surface area (Å²) in [5.74, 6) is 0. The van der Waals surface area contributed by atoms with Crippen LogP contribution in [-0.4, -0.2) is 48.3 Å². The van der Waals surface area contributed by atoms with Gasteiger partial charge >= 0.3 is 0 Å². The monoisotopic (exact) mass is 451 g/mol. The van der Waals surface area contributed by atoms with Crippen LogP contribution in [0.2, 0.25) is 0 Å². The number of rotatable bonds is 6. The van der Waals surface area contributed by atoms with Crippen molar-refractivity contribution in [1.29, 1.82) is 0 Å². The van der Waals surface area contributed by atoms with Crippen molar-refractivity contribution in [3.05, 3.63) is 48.5 Å². The molecule has 1 aliphatic heterocycles. The Balaban J connectivity index is 1.85. The van der Waals surface area contributed by atoms with Crippen LogP contribution in [0.25, 0.3) is 0 Å². The van der Waals surface area contributed by atoms with E-state index in [0.717, 1.165) is 35.9 Å². The Bertz CT molecular complexity index is 1100. The van der Waals surface area contributed by atoms with Gasteiger partial charge in [-0.2, -0.15) is 0 Å². The first-order chi connectivity index (χ1) is 13.9. The second kappa shape index (κ2) is 8.20. The van der Waals surface area contributed by atoms with E-state index in [4.69, 9.17) is 0 Å². The number of hydrogen-bond donors (Lipinski definition) is 1. The Labute approximate surface area is 179 Å². The summed E-state index contributed by atoms with van der Waals surface area (Å²) in [6.07, 6.45) is 2.08. The largest absolute Gasteiger partial charge is 0.370 e. The van der Waals surface area contributed by atoms with Crippen LogP contribution in [0, 0.1) is 5.41 Å². The van der Waals surface area contributed by atoms with Gasteiger partial charge in [0.2, 0.25) is 10.0 Å². The van der Waals surface area contributed by atoms with Gasteiger partial charge < -0.3 is 4.90 Å². The van der Waals surface area contributed by atoms with Crippen LogP contribution < -0.4 is 9.62 Å². The van der Waals surface area contributed by atoms with Crippen LogP contribution in [0.5, 0.6) is 0 Å². The highest BCUT2D eigenvalue weighted by molar-refractivity contribution is 7.92. The predicted octanol–water partition coefficient (Wildman–Crippen LogP) is 3.36. The van der Waals surface area contributed by atoms with Crippen molar-refractivity contribution in [3.8, 4) is 0 Å². The lowest BCUT2D eigenvalue weighted by Crippen LogP contribution is -2.37. The third-order valence-corrected chi connectivity index (χ3v) is 8.73. The van der Waals surface area contributed by atoms with Crippen molar-refractivity contribution in [1.82, 2.24) is 4.31 Å². The van der Waals surface area contributed by atoms with E-state index < -0.39 is 20.0 Å². The zero-order valence-corrected chi connectivity index (χ0v) is 19.4. The number of nitrogens with zero attached hydrogens (tertiary/aromatic N) is 2. The molecule has 0 radical (unpaired) electrons. The van der Waals surface area contributed by atoms with Crippen molar-refractivity contribution in [2.75, 3.05) is 36.8 Å². The summed E-state index contributed by atoms with van der Waals surface area (Å²) < 4.78 is 54.1. The Hall–Kier alpha value is -2.10. The van der Waals surface area contributed by atoms with E-state index >= 15 is 0 Å². The maximum absolute atomic E-state index is 12.9. The Kier molecular flexibility index (Phi) is 6.18. The summed E-state index contributed by atoms with van der Waals surface area (Å²) in [5.41, 5.74) is 1.66. The van der Waals surface area contributed by atoms with Crippen molar-refractivity contribution < 1.29 is 16.8 Å². The summed E-state index contributed by atoms with van der Waals surface area (Å²) in [7, 11) is -4.62. The molecule has 1 saturated heterocycles. The summed E-state index contributed by atoms with van der Waals surface area (Å²) in [6, 6.07) is 12.6. The van der Waals surface area contributed by atoms with Gasteiger partial charge in [-0.05, 0) is 54.7 Å². The molecule has 164 valence electrons. The minimum Gasteiger partial charge on any atom is -0.370 e. The third kappa shape index (κ3) is 4.79. The van der Waals surface area contributed by atoms with E-state index in [1.54, 1.807) is 12.1 Å². The van der Waals surface area contributed by atoms with Crippen LogP contribution in [0.1, 0.15) is 26.7 Å². The maximum atomic E-state index is 12.9. The van der Waals surface area contributed by atoms with Gasteiger partial charge in [-0.3, -0.25) is 4.72 Å². The van der Waals surface area contributed by atoms with Crippen LogP contribution in [0.15, 0.2) is 58.3 Å². The zero-order chi connectivity index (χ0) is 22.2. The Morgan fingerprint density at radius 1 is 0.867 bits per heavy atom. The van der Waals surface area contributed by atoms with Gasteiger partial charge in [0.05, 0.1) is 21.2 Å². The van der Waals surface area contributed by atoms with E-state index in [2.05, 4.69) is 23.5 Å². The zero-order valence-electron chi connectivity index (χ0n) is 17.8. The molecule has 0 spiro atoms. The van der Waals surface area contributed by atoms with Gasteiger partial charge in [-0.15, -0.1) is 0 Å². The standard InChI is InChI=1S/C21H29N3O4S2/c1-21(2)13-15-24(16-14-21)20-8-6-5-7-19(20)22-29(25,26)17-9-11-18(12-10-17)30(27,28)23(3)4/h5-12,22H,13-16H2,1-4H3. The molecule has 0 atom stereocenters. The molecule has 0 bridgehead atoms. The number of benzene rings is 2. The molecule has 0 amide bonds. The van der Waals surface area contributed by atoms with Gasteiger partial charge in [0.1, 0.15) is 0 Å². The average molecular weight is 452 g/mol. The molecule has 30 heavy (non-hydrogen) atoms. The lowest BCUT2D eigenvalue weighted by Gasteiger charge is -2.38. The van der Waals surface area contributed by atoms with Crippen LogP contribution >= 0.6 is 0 Å². The van der Waals surface area contributed by atoms with E-state index in [-0.39, 0.29) is 9.79 Å². The Morgan fingerprint density at radius 3 is 1.97 bits per heavy atom. The smallest absolute Gasteiger partial charge is 0.261 e. The van der Waals surface area contributed by atoms with Crippen molar-refractivity contribution >= 4 is 31.4 Å². The van der Waals surface area contributed by atoms with Crippen LogP contribution in [-0.2, 0) is 20.0 Å². The number of nitrogens with one attached hydrogen (secondary N) is 1. The second-order valence-corrected chi connectivity index (χ2v) is 12.4. The summed E-state index contributed by atoms with van der Waals surface area (Å²) in [6.45, 7) is 6.23. The molecule has 7 nitrogen and oxygen atoms in total. The molecule has 1 aliphatic rings. The number of sulfonamides is 2. The van der Waals surface area contributed by atoms with E-state index in [1.165, 1.54) is 38.4 Å². The molecule has 0 aromatic heterocycles. The fourth-order valence-electron chi connectivity index (χ4n) is 3.39. The van der Waals surface area contributed by atoms with E-state index in [9.17, 15) is 16.8 Å². The van der Waals surface area contributed by atoms with Crippen molar-refractivity contribution in [2.45, 2.75) is 36.5 Å². The normalized spacial score (nSPS) is 17.2. The molecule has 9 heteroatoms. The first-order valence-corrected chi connectivity index (χ1v) is 12.7. The van der Waals surface area contributed by atoms with Gasteiger partial charge in [0.25, 0.3) is 10.0 Å². The molecular weight excluding hydrogens is 422 g/mol. The third-order valence-electron chi connectivity index (χ3n) is 5.52. The van der Waals surface area contributed by atoms with Crippen molar-refractivity contribution in [3.63, 3.8) is 0 Å². The molecule has 2 aromatic rings. The minimum atomic E-state index is -3.86. The lowest BCUT2D eigenvalue weighted by molar-refractivity contribution is 0.280. The fourth-order valence-corrected chi connectivity index (χ4v) is 5.37. The molecule has 0 aliphatic carbocycles. The molecule has 0 saturated carbocycles. The number of para-hydroxylation sites is 2. The highest BCUT2D eigenvalue weighted by Crippen LogP contribution is 2.35. The second-order valence-electron chi connectivity index (χ2n) is 8.53. The quantitative estimate of drug-likeness (QED) is 0.728. The minimum absolute atomic E-state index is 0.00906. The van der Waals surface area contributed by atoms with E-state index in [1.807, 2.05) is 12.1 Å². The Morgan fingerprint density at radius 2 is 1.40 bits per heavy atom. The van der Waals surface area contributed by atoms with Gasteiger partial charge in [-0.1, -0.05) is 26.0 Å². The number of anilines is 2. The average Bonchev–Trinajstić information content (AvgIpc) is 2.68. The van der Waals surface area contributed by atoms with Crippen LogP contribution in [0.4, 0.5) is 11.4 Å². The first-order valence-electron chi connectivity index (χ1n) is 9.82. The molecule has 1 fully saturated rings. The maximum Gasteiger partial charge on any atom is 0.261 e. The summed E-state index contributed by atoms with van der Waals surface area (Å²) in [5, 5.41) is 0. The van der Waals surface area contributed by atoms with Crippen molar-refractivity contribution in [2.24, 2.45) is 5.41 Å². The first kappa shape index (κ1) is 22.6. The summed E-state index contributed by atoms with van der Waals surface area (Å²) in [4.78, 5) is 2.26. The number of piperidine rings is 1.